The van der Waals surface area contributed by atoms with Crippen LogP contribution in [-0.4, -0.2) is 0 Å². The summed E-state index contributed by atoms with van der Waals surface area (Å²) in [7, 11) is 0. The second-order valence-corrected chi connectivity index (χ2v) is 1.75. The van der Waals surface area contributed by atoms with Crippen molar-refractivity contribution in [3.63, 3.8) is 0 Å². The number of hydrogen-bond acceptors (Lipinski definition) is 0. The molecule has 0 spiro atoms. The van der Waals surface area contributed by atoms with Crippen LogP contribution < -0.4 is 0 Å². The van der Waals surface area contributed by atoms with Crippen LogP contribution in [0.3, 0.4) is 0 Å². The van der Waals surface area contributed by atoms with Crippen LogP contribution in [0.1, 0.15) is 26.2 Å². The van der Waals surface area contributed by atoms with Gasteiger partial charge in [-0.1, -0.05) is 19.3 Å². The van der Waals surface area contributed by atoms with Gasteiger partial charge in [0, 0.05) is 6.42 Å². The Morgan fingerprint density at radius 2 is 2.38 bits per heavy atom. The summed E-state index contributed by atoms with van der Waals surface area (Å²) in [6.07, 6.45) is 3.36. The molecule has 0 atom stereocenters. The van der Waals surface area contributed by atoms with Crippen LogP contribution in [0.25, 0.3) is 0 Å². The lowest BCUT2D eigenvalue weighted by Gasteiger charge is -1.81. The summed E-state index contributed by atoms with van der Waals surface area (Å²) in [5.41, 5.74) is 0. The molecule has 0 saturated carbocycles. The smallest absolute Gasteiger partial charge is 0.106 e. The molecule has 0 aromatic heterocycles. The van der Waals surface area contributed by atoms with E-state index in [0.717, 1.165) is 6.42 Å². The van der Waals surface area contributed by atoms with E-state index in [9.17, 15) is 0 Å². The van der Waals surface area contributed by atoms with Gasteiger partial charge in [0.15, 0.2) is 0 Å². The van der Waals surface area contributed by atoms with E-state index in [-0.39, 0.29) is 0 Å². The largest absolute Gasteiger partial charge is 0.122 e. The van der Waals surface area contributed by atoms with Gasteiger partial charge in [-0.05, 0) is 6.42 Å². The van der Waals surface area contributed by atoms with Crippen molar-refractivity contribution >= 4 is 11.6 Å². The van der Waals surface area contributed by atoms with Crippen molar-refractivity contribution < 1.29 is 0 Å². The maximum Gasteiger partial charge on any atom is 0.122 e. The highest BCUT2D eigenvalue weighted by molar-refractivity contribution is 6.25. The fourth-order valence-corrected chi connectivity index (χ4v) is 0.453. The molecule has 1 heteroatoms. The van der Waals surface area contributed by atoms with Gasteiger partial charge in [-0.2, -0.15) is 0 Å². The minimum atomic E-state index is 0.972. The van der Waals surface area contributed by atoms with Gasteiger partial charge in [-0.3, -0.25) is 0 Å². The second kappa shape index (κ2) is 6.85. The van der Waals surface area contributed by atoms with Crippen LogP contribution in [0.15, 0.2) is 0 Å². The van der Waals surface area contributed by atoms with E-state index in [1.54, 1.807) is 0 Å². The van der Waals surface area contributed by atoms with Crippen LogP contribution in [0.4, 0.5) is 0 Å². The SMILES string of the molecule is CCCCC#C[CH]Cl. The van der Waals surface area contributed by atoms with Gasteiger partial charge in [0.25, 0.3) is 0 Å². The molecule has 1 radical (unpaired) electrons. The molecule has 0 heterocycles. The highest BCUT2D eigenvalue weighted by Gasteiger charge is 1.74. The van der Waals surface area contributed by atoms with Crippen LogP contribution in [0.2, 0.25) is 0 Å². The normalized spacial score (nSPS) is 7.75. The maximum absolute atomic E-state index is 5.18. The van der Waals surface area contributed by atoms with Gasteiger partial charge in [0.05, 0.1) is 0 Å². The minimum absolute atomic E-state index is 0.972. The molecule has 0 aliphatic carbocycles. The lowest BCUT2D eigenvalue weighted by Crippen LogP contribution is -1.65. The molecule has 0 rings (SSSR count). The summed E-state index contributed by atoms with van der Waals surface area (Å²) in [5, 5.41) is 0. The molecule has 0 amide bonds. The van der Waals surface area contributed by atoms with E-state index in [0.29, 0.717) is 0 Å². The highest BCUT2D eigenvalue weighted by atomic mass is 35.5. The minimum Gasteiger partial charge on any atom is -0.106 e. The number of hydrogen-bond donors (Lipinski definition) is 0. The molecule has 0 aliphatic heterocycles. The lowest BCUT2D eigenvalue weighted by molar-refractivity contribution is 0.828. The number of unbranched alkanes of at least 4 members (excludes halogenated alkanes) is 2. The number of rotatable bonds is 2. The third kappa shape index (κ3) is 5.85. The molecule has 0 unspecified atom stereocenters. The molecule has 0 saturated heterocycles. The molecule has 0 bridgehead atoms. The predicted octanol–water partition coefficient (Wildman–Crippen LogP) is 2.58. The Kier molecular flexibility index (Phi) is 6.72. The van der Waals surface area contributed by atoms with E-state index < -0.39 is 0 Å². The first-order valence-corrected chi connectivity index (χ1v) is 3.25. The average Bonchev–Trinajstić information content (AvgIpc) is 1.81. The van der Waals surface area contributed by atoms with Crippen molar-refractivity contribution in [2.24, 2.45) is 0 Å². The topological polar surface area (TPSA) is 0 Å². The van der Waals surface area contributed by atoms with Crippen LogP contribution >= 0.6 is 11.6 Å². The maximum atomic E-state index is 5.18. The Hall–Kier alpha value is -0.150. The van der Waals surface area contributed by atoms with Crippen molar-refractivity contribution in [3.8, 4) is 11.8 Å². The molecule has 0 nitrogen and oxygen atoms in total. The van der Waals surface area contributed by atoms with E-state index in [4.69, 9.17) is 11.6 Å². The average molecular weight is 130 g/mol. The Morgan fingerprint density at radius 3 is 2.88 bits per heavy atom. The first-order chi connectivity index (χ1) is 3.91. The molecule has 0 aromatic rings. The Balaban J connectivity index is 2.90. The summed E-state index contributed by atoms with van der Waals surface area (Å²) in [6.45, 7) is 2.14. The lowest BCUT2D eigenvalue weighted by atomic mass is 10.3. The van der Waals surface area contributed by atoms with Crippen molar-refractivity contribution in [2.45, 2.75) is 26.2 Å². The standard InChI is InChI=1S/C7H10Cl/c1-2-3-4-5-6-7-8/h7H,2-4H2,1H3. The molecular weight excluding hydrogens is 120 g/mol. The van der Waals surface area contributed by atoms with E-state index in [1.165, 1.54) is 18.7 Å². The van der Waals surface area contributed by atoms with Crippen molar-refractivity contribution in [1.29, 1.82) is 0 Å². The molecule has 0 aliphatic rings. The first-order valence-electron chi connectivity index (χ1n) is 2.82. The van der Waals surface area contributed by atoms with Gasteiger partial charge >= 0.3 is 0 Å². The van der Waals surface area contributed by atoms with Crippen LogP contribution in [0.5, 0.6) is 0 Å². The third-order valence-corrected chi connectivity index (χ3v) is 0.921. The van der Waals surface area contributed by atoms with E-state index >= 15 is 0 Å². The molecule has 0 aromatic carbocycles. The zero-order valence-corrected chi connectivity index (χ0v) is 5.83. The monoisotopic (exact) mass is 129 g/mol. The Labute approximate surface area is 56.2 Å². The predicted molar refractivity (Wildman–Crippen MR) is 37.5 cm³/mol. The fraction of sp³-hybridized carbons (Fsp3) is 0.571. The number of halogens is 1. The van der Waals surface area contributed by atoms with Crippen molar-refractivity contribution in [1.82, 2.24) is 0 Å². The second-order valence-electron chi connectivity index (χ2n) is 1.53. The highest BCUT2D eigenvalue weighted by Crippen LogP contribution is 1.90. The molecule has 0 fully saturated rings. The van der Waals surface area contributed by atoms with E-state index in [1.807, 2.05) is 0 Å². The summed E-state index contributed by atoms with van der Waals surface area (Å²) < 4.78 is 0. The fourth-order valence-electron chi connectivity index (χ4n) is 0.376. The zero-order chi connectivity index (χ0) is 6.24. The van der Waals surface area contributed by atoms with Gasteiger partial charge in [0.1, 0.15) is 5.88 Å². The van der Waals surface area contributed by atoms with E-state index in [2.05, 4.69) is 18.8 Å². The van der Waals surface area contributed by atoms with Gasteiger partial charge in [0.2, 0.25) is 0 Å². The Bertz CT molecular complexity index is 86.3. The van der Waals surface area contributed by atoms with Gasteiger partial charge < -0.3 is 0 Å². The van der Waals surface area contributed by atoms with Gasteiger partial charge in [-0.25, -0.2) is 0 Å². The summed E-state index contributed by atoms with van der Waals surface area (Å²) >= 11 is 5.18. The molecule has 45 valence electrons. The molecule has 8 heavy (non-hydrogen) atoms. The van der Waals surface area contributed by atoms with Crippen molar-refractivity contribution in [3.05, 3.63) is 5.88 Å². The third-order valence-electron chi connectivity index (χ3n) is 0.812. The molecular formula is C7H10Cl. The quantitative estimate of drug-likeness (QED) is 0.397. The first kappa shape index (κ1) is 7.85. The van der Waals surface area contributed by atoms with Gasteiger partial charge in [-0.15, -0.1) is 17.5 Å². The molecule has 0 N–H and O–H groups in total. The summed E-state index contributed by atoms with van der Waals surface area (Å²) in [4.78, 5) is 0. The Morgan fingerprint density at radius 1 is 1.62 bits per heavy atom. The van der Waals surface area contributed by atoms with Crippen molar-refractivity contribution in [2.75, 3.05) is 0 Å². The zero-order valence-electron chi connectivity index (χ0n) is 5.08. The van der Waals surface area contributed by atoms with Crippen LogP contribution in [0, 0.1) is 17.7 Å². The summed E-state index contributed by atoms with van der Waals surface area (Å²) in [6, 6.07) is 0. The summed E-state index contributed by atoms with van der Waals surface area (Å²) in [5.74, 6) is 6.93. The van der Waals surface area contributed by atoms with Crippen LogP contribution in [-0.2, 0) is 0 Å².